The molecule has 0 amide bonds. The fourth-order valence-corrected chi connectivity index (χ4v) is 2.65. The zero-order valence-corrected chi connectivity index (χ0v) is 8.52. The lowest BCUT2D eigenvalue weighted by molar-refractivity contribution is -0.148. The van der Waals surface area contributed by atoms with E-state index in [0.717, 1.165) is 12.5 Å². The molecule has 1 heteroatoms. The Labute approximate surface area is 75.5 Å². The summed E-state index contributed by atoms with van der Waals surface area (Å²) in [5, 5.41) is 0. The van der Waals surface area contributed by atoms with Crippen molar-refractivity contribution in [2.24, 2.45) is 11.3 Å². The van der Waals surface area contributed by atoms with Crippen molar-refractivity contribution < 1.29 is 4.74 Å². The van der Waals surface area contributed by atoms with Crippen LogP contribution in [0, 0.1) is 11.3 Å². The summed E-state index contributed by atoms with van der Waals surface area (Å²) in [6.07, 6.45) is 5.29. The van der Waals surface area contributed by atoms with Gasteiger partial charge in [0.25, 0.3) is 0 Å². The van der Waals surface area contributed by atoms with Crippen molar-refractivity contribution in [3.8, 4) is 0 Å². The van der Waals surface area contributed by atoms with Crippen LogP contribution in [0.4, 0.5) is 0 Å². The molecule has 2 atom stereocenters. The van der Waals surface area contributed by atoms with Crippen LogP contribution in [0.25, 0.3) is 0 Å². The minimum Gasteiger partial charge on any atom is -0.375 e. The molecule has 1 aliphatic carbocycles. The maximum Gasteiger partial charge on any atom is 0.0710 e. The van der Waals surface area contributed by atoms with Crippen molar-refractivity contribution in [1.29, 1.82) is 0 Å². The van der Waals surface area contributed by atoms with Crippen molar-refractivity contribution in [3.63, 3.8) is 0 Å². The second-order valence-electron chi connectivity index (χ2n) is 5.27. The largest absolute Gasteiger partial charge is 0.375 e. The van der Waals surface area contributed by atoms with E-state index in [1.165, 1.54) is 25.7 Å². The van der Waals surface area contributed by atoms with E-state index in [2.05, 4.69) is 20.8 Å². The molecule has 1 nitrogen and oxygen atoms in total. The molecule has 0 aromatic heterocycles. The average Bonchev–Trinajstić information content (AvgIpc) is 2.28. The van der Waals surface area contributed by atoms with Crippen LogP contribution in [0.15, 0.2) is 0 Å². The smallest absolute Gasteiger partial charge is 0.0710 e. The van der Waals surface area contributed by atoms with Crippen molar-refractivity contribution in [2.45, 2.75) is 52.1 Å². The van der Waals surface area contributed by atoms with Gasteiger partial charge in [-0.2, -0.15) is 0 Å². The Hall–Kier alpha value is -0.0400. The highest BCUT2D eigenvalue weighted by Gasteiger charge is 2.50. The predicted molar refractivity (Wildman–Crippen MR) is 50.1 cm³/mol. The van der Waals surface area contributed by atoms with E-state index in [4.69, 9.17) is 4.74 Å². The van der Waals surface area contributed by atoms with Crippen LogP contribution < -0.4 is 0 Å². The van der Waals surface area contributed by atoms with Crippen LogP contribution in [-0.4, -0.2) is 12.2 Å². The van der Waals surface area contributed by atoms with Gasteiger partial charge in [0.05, 0.1) is 12.2 Å². The van der Waals surface area contributed by atoms with Gasteiger partial charge in [0, 0.05) is 0 Å². The normalized spacial score (nSPS) is 47.0. The van der Waals surface area contributed by atoms with Gasteiger partial charge in [-0.3, -0.25) is 0 Å². The van der Waals surface area contributed by atoms with Gasteiger partial charge in [-0.05, 0) is 37.0 Å². The molecule has 0 bridgehead atoms. The second-order valence-corrected chi connectivity index (χ2v) is 5.27. The molecule has 1 aliphatic heterocycles. The topological polar surface area (TPSA) is 9.23 Å². The van der Waals surface area contributed by atoms with Crippen molar-refractivity contribution in [1.82, 2.24) is 0 Å². The Morgan fingerprint density at radius 1 is 1.17 bits per heavy atom. The van der Waals surface area contributed by atoms with Crippen molar-refractivity contribution in [2.75, 3.05) is 6.61 Å². The van der Waals surface area contributed by atoms with Crippen molar-refractivity contribution in [3.05, 3.63) is 0 Å². The van der Waals surface area contributed by atoms with Crippen LogP contribution in [-0.2, 0) is 4.74 Å². The summed E-state index contributed by atoms with van der Waals surface area (Å²) >= 11 is 0. The molecule has 0 aromatic carbocycles. The van der Waals surface area contributed by atoms with Crippen LogP contribution >= 0.6 is 0 Å². The molecule has 2 unspecified atom stereocenters. The summed E-state index contributed by atoms with van der Waals surface area (Å²) in [6.45, 7) is 8.12. The zero-order chi connectivity index (χ0) is 8.82. The Balaban J connectivity index is 2.05. The first-order valence-electron chi connectivity index (χ1n) is 5.20. The van der Waals surface area contributed by atoms with Crippen LogP contribution in [0.3, 0.4) is 0 Å². The van der Waals surface area contributed by atoms with Gasteiger partial charge in [0.2, 0.25) is 0 Å². The molecule has 0 N–H and O–H groups in total. The summed E-state index contributed by atoms with van der Waals surface area (Å²) < 4.78 is 5.72. The summed E-state index contributed by atoms with van der Waals surface area (Å²) in [5.41, 5.74) is 0.888. The fraction of sp³-hybridized carbons (Fsp3) is 1.00. The summed E-state index contributed by atoms with van der Waals surface area (Å²) in [7, 11) is 0. The van der Waals surface area contributed by atoms with Gasteiger partial charge in [0.15, 0.2) is 0 Å². The van der Waals surface area contributed by atoms with E-state index in [1.807, 2.05) is 0 Å². The third-order valence-corrected chi connectivity index (χ3v) is 4.24. The van der Waals surface area contributed by atoms with Gasteiger partial charge < -0.3 is 4.74 Å². The van der Waals surface area contributed by atoms with Crippen LogP contribution in [0.1, 0.15) is 46.5 Å². The van der Waals surface area contributed by atoms with Crippen molar-refractivity contribution >= 4 is 0 Å². The highest BCUT2D eigenvalue weighted by Crippen LogP contribution is 2.54. The highest BCUT2D eigenvalue weighted by atomic mass is 16.5. The minimum atomic E-state index is 0.332. The Morgan fingerprint density at radius 2 is 1.83 bits per heavy atom. The third-order valence-electron chi connectivity index (χ3n) is 4.24. The standard InChI is InChI=1S/C11H20O/c1-9(2)10(3)4-5-11(8-10)6-7-12-11/h9H,4-8H2,1-3H3. The molecule has 1 saturated carbocycles. The highest BCUT2D eigenvalue weighted by molar-refractivity contribution is 5.01. The molecule has 2 fully saturated rings. The number of hydrogen-bond acceptors (Lipinski definition) is 1. The van der Waals surface area contributed by atoms with Crippen LogP contribution in [0.5, 0.6) is 0 Å². The quantitative estimate of drug-likeness (QED) is 0.585. The molecule has 1 saturated heterocycles. The maximum atomic E-state index is 5.72. The minimum absolute atomic E-state index is 0.332. The van der Waals surface area contributed by atoms with Gasteiger partial charge in [0.1, 0.15) is 0 Å². The van der Waals surface area contributed by atoms with E-state index in [1.54, 1.807) is 0 Å². The van der Waals surface area contributed by atoms with E-state index < -0.39 is 0 Å². The van der Waals surface area contributed by atoms with E-state index in [9.17, 15) is 0 Å². The van der Waals surface area contributed by atoms with Gasteiger partial charge >= 0.3 is 0 Å². The maximum absolute atomic E-state index is 5.72. The van der Waals surface area contributed by atoms with Crippen LogP contribution in [0.2, 0.25) is 0 Å². The van der Waals surface area contributed by atoms with Gasteiger partial charge in [-0.25, -0.2) is 0 Å². The van der Waals surface area contributed by atoms with E-state index in [0.29, 0.717) is 11.0 Å². The molecule has 12 heavy (non-hydrogen) atoms. The monoisotopic (exact) mass is 168 g/mol. The van der Waals surface area contributed by atoms with Gasteiger partial charge in [-0.15, -0.1) is 0 Å². The first kappa shape index (κ1) is 8.55. The number of rotatable bonds is 1. The Morgan fingerprint density at radius 3 is 2.08 bits per heavy atom. The molecule has 2 aliphatic rings. The van der Waals surface area contributed by atoms with E-state index in [-0.39, 0.29) is 0 Å². The molecular weight excluding hydrogens is 148 g/mol. The molecule has 1 spiro atoms. The molecule has 2 rings (SSSR count). The second kappa shape index (κ2) is 2.47. The SMILES string of the molecule is CC(C)C1(C)CCC2(CCO2)C1. The molecule has 1 heterocycles. The summed E-state index contributed by atoms with van der Waals surface area (Å²) in [6, 6.07) is 0. The molecule has 0 aromatic rings. The number of ether oxygens (including phenoxy) is 1. The first-order chi connectivity index (χ1) is 5.56. The lowest BCUT2D eigenvalue weighted by atomic mass is 9.76. The molecule has 70 valence electrons. The first-order valence-corrected chi connectivity index (χ1v) is 5.20. The lowest BCUT2D eigenvalue weighted by Gasteiger charge is -2.41. The molecular formula is C11H20O. The fourth-order valence-electron chi connectivity index (χ4n) is 2.65. The average molecular weight is 168 g/mol. The lowest BCUT2D eigenvalue weighted by Crippen LogP contribution is -2.42. The number of hydrogen-bond donors (Lipinski definition) is 0. The summed E-state index contributed by atoms with van der Waals surface area (Å²) in [5.74, 6) is 0.807. The third kappa shape index (κ3) is 1.10. The zero-order valence-electron chi connectivity index (χ0n) is 8.52. The predicted octanol–water partition coefficient (Wildman–Crippen LogP) is 2.99. The summed E-state index contributed by atoms with van der Waals surface area (Å²) in [4.78, 5) is 0. The Kier molecular flexibility index (Phi) is 1.76. The Bertz CT molecular complexity index is 181. The molecule has 0 radical (unpaired) electrons. The van der Waals surface area contributed by atoms with Gasteiger partial charge in [-0.1, -0.05) is 20.8 Å². The van der Waals surface area contributed by atoms with E-state index >= 15 is 0 Å².